The summed E-state index contributed by atoms with van der Waals surface area (Å²) >= 11 is 0. The van der Waals surface area contributed by atoms with E-state index < -0.39 is 9.84 Å². The molecule has 0 aliphatic rings. The van der Waals surface area contributed by atoms with Crippen molar-refractivity contribution >= 4 is 15.8 Å². The normalized spacial score (nSPS) is 14.1. The minimum absolute atomic E-state index is 0.0619. The standard InChI is InChI=1S/C15H34N4O3S/c1-6-16-15(18-14(2)8-13-23(5,20)21)17-9-7-10-19(3)11-12-22-4/h14H,6-13H2,1-5H3,(H2,16,17,18). The van der Waals surface area contributed by atoms with E-state index in [1.54, 1.807) is 7.11 Å². The molecule has 0 aliphatic carbocycles. The maximum absolute atomic E-state index is 11.2. The van der Waals surface area contributed by atoms with E-state index in [2.05, 4.69) is 27.6 Å². The molecule has 0 saturated heterocycles. The predicted molar refractivity (Wildman–Crippen MR) is 96.9 cm³/mol. The zero-order chi connectivity index (χ0) is 17.7. The largest absolute Gasteiger partial charge is 0.383 e. The van der Waals surface area contributed by atoms with E-state index in [4.69, 9.17) is 4.74 Å². The molecule has 1 atom stereocenters. The lowest BCUT2D eigenvalue weighted by atomic mass is 10.3. The van der Waals surface area contributed by atoms with Gasteiger partial charge in [0.2, 0.25) is 0 Å². The maximum Gasteiger partial charge on any atom is 0.191 e. The van der Waals surface area contributed by atoms with Gasteiger partial charge in [-0.05, 0) is 40.3 Å². The van der Waals surface area contributed by atoms with Gasteiger partial charge >= 0.3 is 0 Å². The highest BCUT2D eigenvalue weighted by molar-refractivity contribution is 7.90. The molecule has 0 aromatic heterocycles. The highest BCUT2D eigenvalue weighted by Crippen LogP contribution is 1.96. The molecule has 0 spiro atoms. The molecule has 0 aromatic carbocycles. The molecular formula is C15H34N4O3S. The first kappa shape index (κ1) is 22.1. The van der Waals surface area contributed by atoms with Crippen molar-refractivity contribution in [3.63, 3.8) is 0 Å². The molecule has 138 valence electrons. The predicted octanol–water partition coefficient (Wildman–Crippen LogP) is 0.333. The lowest BCUT2D eigenvalue weighted by molar-refractivity contribution is 0.161. The molecule has 0 radical (unpaired) electrons. The molecule has 0 aromatic rings. The molecule has 2 N–H and O–H groups in total. The number of aliphatic imine (C=N–C) groups is 1. The van der Waals surface area contributed by atoms with Crippen molar-refractivity contribution in [2.75, 3.05) is 59.0 Å². The van der Waals surface area contributed by atoms with E-state index in [9.17, 15) is 8.42 Å². The lowest BCUT2D eigenvalue weighted by Gasteiger charge is -2.18. The Kier molecular flexibility index (Phi) is 12.1. The van der Waals surface area contributed by atoms with Crippen LogP contribution in [0.25, 0.3) is 0 Å². The molecule has 0 rings (SSSR count). The number of nitrogens with one attached hydrogen (secondary N) is 2. The van der Waals surface area contributed by atoms with Crippen LogP contribution in [0.4, 0.5) is 0 Å². The summed E-state index contributed by atoms with van der Waals surface area (Å²) in [4.78, 5) is 6.75. The third-order valence-corrected chi connectivity index (χ3v) is 4.27. The number of hydrogen-bond acceptors (Lipinski definition) is 5. The van der Waals surface area contributed by atoms with Gasteiger partial charge in [-0.2, -0.15) is 0 Å². The van der Waals surface area contributed by atoms with Crippen molar-refractivity contribution < 1.29 is 13.2 Å². The van der Waals surface area contributed by atoms with E-state index in [1.807, 2.05) is 13.8 Å². The van der Waals surface area contributed by atoms with E-state index in [1.165, 1.54) is 6.26 Å². The number of ether oxygens (including phenoxy) is 1. The van der Waals surface area contributed by atoms with Crippen LogP contribution in [0.5, 0.6) is 0 Å². The molecule has 0 aliphatic heterocycles. The summed E-state index contributed by atoms with van der Waals surface area (Å²) < 4.78 is 27.5. The quantitative estimate of drug-likeness (QED) is 0.300. The third-order valence-electron chi connectivity index (χ3n) is 3.29. The fraction of sp³-hybridized carbons (Fsp3) is 0.933. The number of nitrogens with zero attached hydrogens (tertiary/aromatic N) is 2. The van der Waals surface area contributed by atoms with Crippen molar-refractivity contribution in [1.82, 2.24) is 15.5 Å². The van der Waals surface area contributed by atoms with Crippen molar-refractivity contribution in [1.29, 1.82) is 0 Å². The Balaban J connectivity index is 4.17. The summed E-state index contributed by atoms with van der Waals surface area (Å²) in [6.07, 6.45) is 2.80. The summed E-state index contributed by atoms with van der Waals surface area (Å²) in [5, 5.41) is 6.44. The zero-order valence-electron chi connectivity index (χ0n) is 15.3. The average Bonchev–Trinajstić information content (AvgIpc) is 2.46. The van der Waals surface area contributed by atoms with Crippen LogP contribution in [0, 0.1) is 0 Å². The molecule has 0 saturated carbocycles. The second-order valence-corrected chi connectivity index (χ2v) is 8.13. The molecule has 0 heterocycles. The van der Waals surface area contributed by atoms with Gasteiger partial charge in [0.1, 0.15) is 9.84 Å². The van der Waals surface area contributed by atoms with Gasteiger partial charge in [0, 0.05) is 39.0 Å². The Morgan fingerprint density at radius 3 is 2.61 bits per heavy atom. The monoisotopic (exact) mass is 350 g/mol. The fourth-order valence-electron chi connectivity index (χ4n) is 1.91. The highest BCUT2D eigenvalue weighted by Gasteiger charge is 2.09. The van der Waals surface area contributed by atoms with Crippen molar-refractivity contribution in [2.24, 2.45) is 4.99 Å². The summed E-state index contributed by atoms with van der Waals surface area (Å²) in [5.41, 5.74) is 0. The van der Waals surface area contributed by atoms with Gasteiger partial charge < -0.3 is 20.3 Å². The minimum atomic E-state index is -2.92. The van der Waals surface area contributed by atoms with Crippen molar-refractivity contribution in [3.8, 4) is 0 Å². The van der Waals surface area contributed by atoms with Gasteiger partial charge in [-0.15, -0.1) is 0 Å². The van der Waals surface area contributed by atoms with Crippen LogP contribution in [-0.4, -0.2) is 84.3 Å². The topological polar surface area (TPSA) is 83.0 Å². The van der Waals surface area contributed by atoms with Crippen LogP contribution >= 0.6 is 0 Å². The van der Waals surface area contributed by atoms with E-state index in [0.29, 0.717) is 6.42 Å². The number of guanidine groups is 1. The van der Waals surface area contributed by atoms with Gasteiger partial charge in [0.05, 0.1) is 12.4 Å². The first-order valence-electron chi connectivity index (χ1n) is 8.18. The van der Waals surface area contributed by atoms with Crippen LogP contribution in [0.3, 0.4) is 0 Å². The Morgan fingerprint density at radius 2 is 2.04 bits per heavy atom. The zero-order valence-corrected chi connectivity index (χ0v) is 16.1. The Labute approximate surface area is 141 Å². The highest BCUT2D eigenvalue weighted by atomic mass is 32.2. The molecule has 0 fully saturated rings. The Hall–Kier alpha value is -0.860. The third kappa shape index (κ3) is 14.5. The van der Waals surface area contributed by atoms with Gasteiger partial charge in [0.15, 0.2) is 5.96 Å². The Bertz CT molecular complexity index is 426. The maximum atomic E-state index is 11.2. The van der Waals surface area contributed by atoms with Crippen LogP contribution < -0.4 is 10.6 Å². The number of methoxy groups -OCH3 is 1. The number of rotatable bonds is 12. The summed E-state index contributed by atoms with van der Waals surface area (Å²) in [6, 6.07) is 0.0619. The fourth-order valence-corrected chi connectivity index (χ4v) is 2.69. The summed E-state index contributed by atoms with van der Waals surface area (Å²) in [6.45, 7) is 8.11. The van der Waals surface area contributed by atoms with Crippen LogP contribution in [0.1, 0.15) is 26.7 Å². The number of likely N-dealkylation sites (N-methyl/N-ethyl adjacent to an activating group) is 1. The second-order valence-electron chi connectivity index (χ2n) is 5.87. The lowest BCUT2D eigenvalue weighted by Crippen LogP contribution is -2.43. The molecule has 1 unspecified atom stereocenters. The molecule has 23 heavy (non-hydrogen) atoms. The first-order valence-corrected chi connectivity index (χ1v) is 10.2. The second kappa shape index (κ2) is 12.5. The van der Waals surface area contributed by atoms with Gasteiger partial charge in [-0.25, -0.2) is 8.42 Å². The van der Waals surface area contributed by atoms with E-state index >= 15 is 0 Å². The van der Waals surface area contributed by atoms with E-state index in [-0.39, 0.29) is 11.8 Å². The van der Waals surface area contributed by atoms with Crippen molar-refractivity contribution in [2.45, 2.75) is 32.7 Å². The molecular weight excluding hydrogens is 316 g/mol. The van der Waals surface area contributed by atoms with Crippen LogP contribution in [0.2, 0.25) is 0 Å². The molecule has 0 amide bonds. The van der Waals surface area contributed by atoms with Gasteiger partial charge in [-0.3, -0.25) is 4.99 Å². The smallest absolute Gasteiger partial charge is 0.191 e. The molecule has 0 bridgehead atoms. The number of hydrogen-bond donors (Lipinski definition) is 2. The van der Waals surface area contributed by atoms with Crippen LogP contribution in [0.15, 0.2) is 4.99 Å². The molecule has 8 heteroatoms. The number of sulfone groups is 1. The minimum Gasteiger partial charge on any atom is -0.383 e. The van der Waals surface area contributed by atoms with Crippen molar-refractivity contribution in [3.05, 3.63) is 0 Å². The van der Waals surface area contributed by atoms with E-state index in [0.717, 1.165) is 45.2 Å². The Morgan fingerprint density at radius 1 is 1.35 bits per heavy atom. The van der Waals surface area contributed by atoms with Crippen LogP contribution in [-0.2, 0) is 14.6 Å². The average molecular weight is 351 g/mol. The SMILES string of the molecule is CCNC(=NCCCN(C)CCOC)NC(C)CCS(C)(=O)=O. The molecule has 7 nitrogen and oxygen atoms in total. The summed E-state index contributed by atoms with van der Waals surface area (Å²) in [5.74, 6) is 0.929. The first-order chi connectivity index (χ1) is 10.8. The van der Waals surface area contributed by atoms with Gasteiger partial charge in [0.25, 0.3) is 0 Å². The van der Waals surface area contributed by atoms with Gasteiger partial charge in [-0.1, -0.05) is 0 Å². The summed E-state index contributed by atoms with van der Waals surface area (Å²) in [7, 11) is 0.853.